The summed E-state index contributed by atoms with van der Waals surface area (Å²) >= 11 is 0. The van der Waals surface area contributed by atoms with Gasteiger partial charge in [-0.1, -0.05) is 6.07 Å². The maximum Gasteiger partial charge on any atom is 0.319 e. The summed E-state index contributed by atoms with van der Waals surface area (Å²) in [6.07, 6.45) is 2.48. The molecule has 1 aromatic rings. The van der Waals surface area contributed by atoms with Crippen LogP contribution in [0, 0.1) is 0 Å². The first kappa shape index (κ1) is 18.6. The Kier molecular flexibility index (Phi) is 5.17. The van der Waals surface area contributed by atoms with E-state index in [0.717, 1.165) is 5.69 Å². The topological polar surface area (TPSA) is 90.9 Å². The number of rotatable bonds is 3. The van der Waals surface area contributed by atoms with E-state index in [1.807, 2.05) is 18.2 Å². The maximum atomic E-state index is 12.7. The minimum absolute atomic E-state index is 0.0792. The molecule has 8 nitrogen and oxygen atoms in total. The fraction of sp³-hybridized carbons (Fsp3) is 0.588. The lowest BCUT2D eigenvalue weighted by Gasteiger charge is -2.44. The van der Waals surface area contributed by atoms with Gasteiger partial charge in [0.15, 0.2) is 9.84 Å². The van der Waals surface area contributed by atoms with E-state index in [4.69, 9.17) is 0 Å². The van der Waals surface area contributed by atoms with Gasteiger partial charge in [-0.05, 0) is 18.6 Å². The number of carbonyl (C=O) groups excluding carboxylic acids is 2. The predicted molar refractivity (Wildman–Crippen MR) is 96.3 cm³/mol. The normalized spacial score (nSPS) is 24.2. The van der Waals surface area contributed by atoms with Gasteiger partial charge in [-0.25, -0.2) is 13.2 Å². The van der Waals surface area contributed by atoms with Gasteiger partial charge in [-0.15, -0.1) is 0 Å². The number of urea groups is 1. The zero-order chi connectivity index (χ0) is 18.9. The minimum atomic E-state index is -3.27. The van der Waals surface area contributed by atoms with Gasteiger partial charge in [0.25, 0.3) is 0 Å². The largest absolute Gasteiger partial charge is 0.335 e. The number of aryl methyl sites for hydroxylation is 1. The Morgan fingerprint density at radius 1 is 1.15 bits per heavy atom. The molecule has 0 radical (unpaired) electrons. The number of sulfone groups is 1. The van der Waals surface area contributed by atoms with Crippen molar-refractivity contribution in [3.8, 4) is 0 Å². The third-order valence-corrected chi connectivity index (χ3v) is 6.64. The standard InChI is InChI=1S/C17H24N4O4S/c1-19(2)17(23)21-10-9-20(14-11-26(24,25)12-15(14)21)16(22)7-6-13-5-3-4-8-18-13/h3-5,8,14-15H,6-7,9-12H2,1-2H3. The highest BCUT2D eigenvalue weighted by atomic mass is 32.2. The number of pyridine rings is 1. The predicted octanol–water partition coefficient (Wildman–Crippen LogP) is 0.00560. The maximum absolute atomic E-state index is 12.7. The highest BCUT2D eigenvalue weighted by molar-refractivity contribution is 7.91. The van der Waals surface area contributed by atoms with Crippen molar-refractivity contribution in [2.75, 3.05) is 38.7 Å². The van der Waals surface area contributed by atoms with Gasteiger partial charge in [0.1, 0.15) is 0 Å². The molecule has 2 aliphatic heterocycles. The molecule has 9 heteroatoms. The molecule has 2 atom stereocenters. The van der Waals surface area contributed by atoms with Gasteiger partial charge in [-0.3, -0.25) is 9.78 Å². The second kappa shape index (κ2) is 7.22. The van der Waals surface area contributed by atoms with E-state index >= 15 is 0 Å². The first-order valence-corrected chi connectivity index (χ1v) is 10.5. The van der Waals surface area contributed by atoms with Crippen molar-refractivity contribution < 1.29 is 18.0 Å². The van der Waals surface area contributed by atoms with E-state index in [0.29, 0.717) is 19.5 Å². The van der Waals surface area contributed by atoms with E-state index in [1.165, 1.54) is 4.90 Å². The Morgan fingerprint density at radius 3 is 2.42 bits per heavy atom. The van der Waals surface area contributed by atoms with Gasteiger partial charge in [0, 0.05) is 45.5 Å². The number of piperazine rings is 1. The number of carbonyl (C=O) groups is 2. The molecular formula is C17H24N4O4S. The Balaban J connectivity index is 1.73. The van der Waals surface area contributed by atoms with Crippen LogP contribution < -0.4 is 0 Å². The number of amides is 3. The van der Waals surface area contributed by atoms with Crippen molar-refractivity contribution in [2.24, 2.45) is 0 Å². The lowest BCUT2D eigenvalue weighted by molar-refractivity contribution is -0.136. The quantitative estimate of drug-likeness (QED) is 0.737. The van der Waals surface area contributed by atoms with E-state index in [1.54, 1.807) is 30.1 Å². The second-order valence-corrected chi connectivity index (χ2v) is 9.14. The van der Waals surface area contributed by atoms with Gasteiger partial charge in [0.2, 0.25) is 5.91 Å². The first-order valence-electron chi connectivity index (χ1n) is 8.66. The van der Waals surface area contributed by atoms with Crippen molar-refractivity contribution in [2.45, 2.75) is 24.9 Å². The Bertz CT molecular complexity index is 781. The van der Waals surface area contributed by atoms with Crippen LogP contribution in [0.5, 0.6) is 0 Å². The van der Waals surface area contributed by atoms with Crippen LogP contribution in [0.2, 0.25) is 0 Å². The fourth-order valence-electron chi connectivity index (χ4n) is 3.68. The molecule has 142 valence electrons. The van der Waals surface area contributed by atoms with E-state index in [-0.39, 0.29) is 29.9 Å². The highest BCUT2D eigenvalue weighted by Gasteiger charge is 2.49. The molecule has 3 amide bonds. The summed E-state index contributed by atoms with van der Waals surface area (Å²) in [4.78, 5) is 34.0. The SMILES string of the molecule is CN(C)C(=O)N1CCN(C(=O)CCc2ccccn2)C2CS(=O)(=O)CC21. The molecule has 1 aromatic heterocycles. The average Bonchev–Trinajstić information content (AvgIpc) is 2.93. The molecule has 3 heterocycles. The van der Waals surface area contributed by atoms with Crippen LogP contribution >= 0.6 is 0 Å². The van der Waals surface area contributed by atoms with E-state index < -0.39 is 21.9 Å². The number of nitrogens with zero attached hydrogens (tertiary/aromatic N) is 4. The summed E-state index contributed by atoms with van der Waals surface area (Å²) in [7, 11) is 0.0149. The van der Waals surface area contributed by atoms with Crippen LogP contribution in [0.3, 0.4) is 0 Å². The third-order valence-electron chi connectivity index (χ3n) is 4.95. The van der Waals surface area contributed by atoms with Crippen molar-refractivity contribution in [1.29, 1.82) is 0 Å². The third kappa shape index (κ3) is 3.82. The molecule has 2 fully saturated rings. The summed E-state index contributed by atoms with van der Waals surface area (Å²) in [5, 5.41) is 0. The number of hydrogen-bond donors (Lipinski definition) is 0. The van der Waals surface area contributed by atoms with Crippen molar-refractivity contribution in [1.82, 2.24) is 19.7 Å². The average molecular weight is 380 g/mol. The molecule has 0 aromatic carbocycles. The summed E-state index contributed by atoms with van der Waals surface area (Å²) in [5.41, 5.74) is 0.831. The van der Waals surface area contributed by atoms with Crippen LogP contribution in [0.25, 0.3) is 0 Å². The zero-order valence-corrected chi connectivity index (χ0v) is 15.9. The summed E-state index contributed by atoms with van der Waals surface area (Å²) in [5.74, 6) is -0.245. The molecule has 0 aliphatic carbocycles. The van der Waals surface area contributed by atoms with Crippen LogP contribution in [-0.2, 0) is 21.1 Å². The minimum Gasteiger partial charge on any atom is -0.335 e. The van der Waals surface area contributed by atoms with Crippen LogP contribution in [-0.4, -0.2) is 90.8 Å². The van der Waals surface area contributed by atoms with Gasteiger partial charge >= 0.3 is 6.03 Å². The van der Waals surface area contributed by atoms with Crippen LogP contribution in [0.1, 0.15) is 12.1 Å². The molecule has 2 aliphatic rings. The molecular weight excluding hydrogens is 356 g/mol. The number of aromatic nitrogens is 1. The van der Waals surface area contributed by atoms with Crippen LogP contribution in [0.15, 0.2) is 24.4 Å². The molecule has 26 heavy (non-hydrogen) atoms. The van der Waals surface area contributed by atoms with Gasteiger partial charge < -0.3 is 14.7 Å². The van der Waals surface area contributed by atoms with Crippen molar-refractivity contribution >= 4 is 21.8 Å². The van der Waals surface area contributed by atoms with E-state index in [2.05, 4.69) is 4.98 Å². The molecule has 0 N–H and O–H groups in total. The monoisotopic (exact) mass is 380 g/mol. The van der Waals surface area contributed by atoms with Gasteiger partial charge in [0.05, 0.1) is 23.6 Å². The lowest BCUT2D eigenvalue weighted by Crippen LogP contribution is -2.63. The molecule has 2 saturated heterocycles. The smallest absolute Gasteiger partial charge is 0.319 e. The van der Waals surface area contributed by atoms with Gasteiger partial charge in [-0.2, -0.15) is 0 Å². The van der Waals surface area contributed by atoms with Crippen molar-refractivity contribution in [3.63, 3.8) is 0 Å². The Morgan fingerprint density at radius 2 is 1.81 bits per heavy atom. The summed E-state index contributed by atoms with van der Waals surface area (Å²) < 4.78 is 24.4. The summed E-state index contributed by atoms with van der Waals surface area (Å²) in [6, 6.07) is 4.41. The van der Waals surface area contributed by atoms with Crippen molar-refractivity contribution in [3.05, 3.63) is 30.1 Å². The van der Waals surface area contributed by atoms with Crippen LogP contribution in [0.4, 0.5) is 4.79 Å². The highest BCUT2D eigenvalue weighted by Crippen LogP contribution is 2.28. The summed E-state index contributed by atoms with van der Waals surface area (Å²) in [6.45, 7) is 0.709. The second-order valence-electron chi connectivity index (χ2n) is 6.99. The lowest BCUT2D eigenvalue weighted by atomic mass is 10.0. The zero-order valence-electron chi connectivity index (χ0n) is 15.0. The molecule has 0 saturated carbocycles. The molecule has 3 rings (SSSR count). The number of hydrogen-bond acceptors (Lipinski definition) is 5. The fourth-order valence-corrected chi connectivity index (χ4v) is 5.66. The molecule has 2 unspecified atom stereocenters. The first-order chi connectivity index (χ1) is 12.3. The molecule has 0 bridgehead atoms. The Hall–Kier alpha value is -2.16. The Labute approximate surface area is 153 Å². The number of fused-ring (bicyclic) bond motifs is 1. The van der Waals surface area contributed by atoms with E-state index in [9.17, 15) is 18.0 Å². The molecule has 0 spiro atoms.